The summed E-state index contributed by atoms with van der Waals surface area (Å²) < 4.78 is 5.29. The maximum Gasteiger partial charge on any atom is 0.236 e. The number of rotatable bonds is 8. The van der Waals surface area contributed by atoms with Gasteiger partial charge in [0.25, 0.3) is 0 Å². The molecule has 3 aromatic carbocycles. The average Bonchev–Trinajstić information content (AvgIpc) is 3.45. The van der Waals surface area contributed by atoms with Gasteiger partial charge in [0, 0.05) is 22.1 Å². The zero-order chi connectivity index (χ0) is 26.3. The van der Waals surface area contributed by atoms with E-state index in [1.54, 1.807) is 7.11 Å². The number of aromatic nitrogens is 2. The lowest BCUT2D eigenvalue weighted by Crippen LogP contribution is -2.14. The molecule has 1 N–H and O–H groups in total. The van der Waals surface area contributed by atoms with Gasteiger partial charge >= 0.3 is 0 Å². The van der Waals surface area contributed by atoms with E-state index in [2.05, 4.69) is 16.4 Å². The second-order valence-electron chi connectivity index (χ2n) is 8.18. The van der Waals surface area contributed by atoms with Gasteiger partial charge in [0.15, 0.2) is 5.13 Å². The molecule has 5 aromatic rings. The van der Waals surface area contributed by atoms with Gasteiger partial charge in [-0.1, -0.05) is 84.6 Å². The fraction of sp³-hybridized carbons (Fsp3) is 0.0667. The van der Waals surface area contributed by atoms with Crippen LogP contribution in [0.1, 0.15) is 5.56 Å². The number of thiazole rings is 1. The standard InChI is InChI=1S/C30H22N4O2S2/c1-36-23-14-12-20(13-15-23)24-16-26(21-8-4-2-5-9-21)32-29(25(24)17-31)37-19-28(35)34-30-33-27(18-38-30)22-10-6-3-7-11-22/h2-16,18H,19H2,1H3,(H,33,34,35). The maximum absolute atomic E-state index is 12.8. The molecule has 0 spiro atoms. The van der Waals surface area contributed by atoms with Gasteiger partial charge in [-0.15, -0.1) is 11.3 Å². The van der Waals surface area contributed by atoms with Crippen molar-refractivity contribution in [3.63, 3.8) is 0 Å². The molecule has 0 aliphatic heterocycles. The van der Waals surface area contributed by atoms with E-state index in [9.17, 15) is 10.1 Å². The molecule has 0 bridgehead atoms. The molecular formula is C30H22N4O2S2. The summed E-state index contributed by atoms with van der Waals surface area (Å²) in [6.07, 6.45) is 0. The molecule has 5 rings (SSSR count). The van der Waals surface area contributed by atoms with Gasteiger partial charge in [0.1, 0.15) is 16.8 Å². The quantitative estimate of drug-likeness (QED) is 0.213. The van der Waals surface area contributed by atoms with E-state index in [-0.39, 0.29) is 11.7 Å². The number of carbonyl (C=O) groups is 1. The highest BCUT2D eigenvalue weighted by Crippen LogP contribution is 2.35. The highest BCUT2D eigenvalue weighted by molar-refractivity contribution is 8.00. The average molecular weight is 535 g/mol. The molecular weight excluding hydrogens is 512 g/mol. The molecule has 8 heteroatoms. The lowest BCUT2D eigenvalue weighted by atomic mass is 9.99. The van der Waals surface area contributed by atoms with Gasteiger partial charge in [-0.3, -0.25) is 4.79 Å². The Kier molecular flexibility index (Phi) is 7.78. The van der Waals surface area contributed by atoms with Crippen LogP contribution in [0.5, 0.6) is 5.75 Å². The molecule has 0 aliphatic rings. The number of ether oxygens (including phenoxy) is 1. The van der Waals surface area contributed by atoms with E-state index in [4.69, 9.17) is 9.72 Å². The Labute approximate surface area is 229 Å². The molecule has 0 aliphatic carbocycles. The van der Waals surface area contributed by atoms with Crippen LogP contribution in [-0.4, -0.2) is 28.7 Å². The minimum Gasteiger partial charge on any atom is -0.497 e. The maximum atomic E-state index is 12.8. The van der Waals surface area contributed by atoms with Gasteiger partial charge in [-0.2, -0.15) is 5.26 Å². The van der Waals surface area contributed by atoms with Crippen molar-refractivity contribution in [1.29, 1.82) is 5.26 Å². The number of hydrogen-bond acceptors (Lipinski definition) is 7. The van der Waals surface area contributed by atoms with Crippen molar-refractivity contribution >= 4 is 34.1 Å². The number of thioether (sulfide) groups is 1. The van der Waals surface area contributed by atoms with Crippen molar-refractivity contribution in [1.82, 2.24) is 9.97 Å². The molecule has 38 heavy (non-hydrogen) atoms. The molecule has 0 atom stereocenters. The van der Waals surface area contributed by atoms with Crippen LogP contribution in [0.2, 0.25) is 0 Å². The number of nitrogens with zero attached hydrogens (tertiary/aromatic N) is 3. The topological polar surface area (TPSA) is 87.9 Å². The van der Waals surface area contributed by atoms with Crippen LogP contribution in [0.3, 0.4) is 0 Å². The largest absolute Gasteiger partial charge is 0.497 e. The number of hydrogen-bond donors (Lipinski definition) is 1. The summed E-state index contributed by atoms with van der Waals surface area (Å²) in [7, 11) is 1.61. The Hall–Kier alpha value is -4.45. The first-order valence-electron chi connectivity index (χ1n) is 11.7. The van der Waals surface area contributed by atoms with Crippen LogP contribution in [-0.2, 0) is 4.79 Å². The van der Waals surface area contributed by atoms with Crippen molar-refractivity contribution in [2.45, 2.75) is 5.03 Å². The second-order valence-corrected chi connectivity index (χ2v) is 10.0. The molecule has 0 fully saturated rings. The van der Waals surface area contributed by atoms with E-state index in [1.165, 1.54) is 23.1 Å². The molecule has 1 amide bonds. The Morgan fingerprint density at radius 1 is 0.921 bits per heavy atom. The summed E-state index contributed by atoms with van der Waals surface area (Å²) in [5.41, 5.74) is 5.49. The minimum absolute atomic E-state index is 0.0855. The van der Waals surface area contributed by atoms with Crippen LogP contribution in [0.25, 0.3) is 33.6 Å². The van der Waals surface area contributed by atoms with E-state index >= 15 is 0 Å². The van der Waals surface area contributed by atoms with Crippen molar-refractivity contribution in [2.75, 3.05) is 18.2 Å². The molecule has 2 heterocycles. The Balaban J connectivity index is 1.40. The highest BCUT2D eigenvalue weighted by Gasteiger charge is 2.18. The van der Waals surface area contributed by atoms with Crippen LogP contribution in [0.15, 0.2) is 101 Å². The number of carbonyl (C=O) groups excluding carboxylic acids is 1. The normalized spacial score (nSPS) is 10.5. The summed E-state index contributed by atoms with van der Waals surface area (Å²) in [4.78, 5) is 22.1. The number of nitriles is 1. The lowest BCUT2D eigenvalue weighted by Gasteiger charge is -2.13. The SMILES string of the molecule is COc1ccc(-c2cc(-c3ccccc3)nc(SCC(=O)Nc3nc(-c4ccccc4)cs3)c2C#N)cc1. The third kappa shape index (κ3) is 5.75. The van der Waals surface area contributed by atoms with E-state index < -0.39 is 0 Å². The number of pyridine rings is 1. The predicted octanol–water partition coefficient (Wildman–Crippen LogP) is 7.15. The summed E-state index contributed by atoms with van der Waals surface area (Å²) in [5, 5.41) is 15.9. The third-order valence-electron chi connectivity index (χ3n) is 5.73. The lowest BCUT2D eigenvalue weighted by molar-refractivity contribution is -0.113. The molecule has 0 unspecified atom stereocenters. The second kappa shape index (κ2) is 11.7. The van der Waals surface area contributed by atoms with Gasteiger partial charge in [-0.05, 0) is 23.8 Å². The minimum atomic E-state index is -0.217. The predicted molar refractivity (Wildman–Crippen MR) is 153 cm³/mol. The zero-order valence-electron chi connectivity index (χ0n) is 20.4. The first-order chi connectivity index (χ1) is 18.6. The van der Waals surface area contributed by atoms with E-state index in [1.807, 2.05) is 96.4 Å². The van der Waals surface area contributed by atoms with Crippen LogP contribution < -0.4 is 10.1 Å². The van der Waals surface area contributed by atoms with Crippen LogP contribution >= 0.6 is 23.1 Å². The smallest absolute Gasteiger partial charge is 0.236 e. The Morgan fingerprint density at radius 3 is 2.21 bits per heavy atom. The fourth-order valence-corrected chi connectivity index (χ4v) is 5.39. The number of anilines is 1. The highest BCUT2D eigenvalue weighted by atomic mass is 32.2. The fourth-order valence-electron chi connectivity index (χ4n) is 3.85. The summed E-state index contributed by atoms with van der Waals surface area (Å²) in [6, 6.07) is 31.4. The monoisotopic (exact) mass is 534 g/mol. The molecule has 6 nitrogen and oxygen atoms in total. The van der Waals surface area contributed by atoms with E-state index in [0.29, 0.717) is 15.7 Å². The zero-order valence-corrected chi connectivity index (χ0v) is 22.1. The van der Waals surface area contributed by atoms with Gasteiger partial charge in [-0.25, -0.2) is 9.97 Å². The van der Waals surface area contributed by atoms with Crippen molar-refractivity contribution in [2.24, 2.45) is 0 Å². The number of amides is 1. The van der Waals surface area contributed by atoms with E-state index in [0.717, 1.165) is 39.4 Å². The molecule has 186 valence electrons. The van der Waals surface area contributed by atoms with Crippen LogP contribution in [0, 0.1) is 11.3 Å². The molecule has 0 saturated heterocycles. The third-order valence-corrected chi connectivity index (χ3v) is 7.46. The van der Waals surface area contributed by atoms with Crippen LogP contribution in [0.4, 0.5) is 5.13 Å². The summed E-state index contributed by atoms with van der Waals surface area (Å²) in [5.74, 6) is 0.599. The summed E-state index contributed by atoms with van der Waals surface area (Å²) in [6.45, 7) is 0. The molecule has 0 saturated carbocycles. The first-order valence-corrected chi connectivity index (χ1v) is 13.6. The Bertz CT molecular complexity index is 1600. The Morgan fingerprint density at radius 2 is 1.58 bits per heavy atom. The molecule has 0 radical (unpaired) electrons. The first kappa shape index (κ1) is 25.2. The molecule has 2 aromatic heterocycles. The number of nitrogens with one attached hydrogen (secondary N) is 1. The number of methoxy groups -OCH3 is 1. The van der Waals surface area contributed by atoms with Crippen molar-refractivity contribution < 1.29 is 9.53 Å². The number of benzene rings is 3. The van der Waals surface area contributed by atoms with Crippen molar-refractivity contribution in [3.05, 3.63) is 102 Å². The van der Waals surface area contributed by atoms with Gasteiger partial charge < -0.3 is 10.1 Å². The van der Waals surface area contributed by atoms with Gasteiger partial charge in [0.2, 0.25) is 5.91 Å². The summed E-state index contributed by atoms with van der Waals surface area (Å²) >= 11 is 2.61. The van der Waals surface area contributed by atoms with Crippen molar-refractivity contribution in [3.8, 4) is 45.5 Å². The van der Waals surface area contributed by atoms with Gasteiger partial charge in [0.05, 0.1) is 29.8 Å².